The highest BCUT2D eigenvalue weighted by atomic mass is 16.5. The highest BCUT2D eigenvalue weighted by molar-refractivity contribution is 5.43. The molecule has 0 radical (unpaired) electrons. The Labute approximate surface area is 154 Å². The molecule has 1 aliphatic heterocycles. The minimum absolute atomic E-state index is 0.191. The summed E-state index contributed by atoms with van der Waals surface area (Å²) in [6.45, 7) is 8.35. The molecule has 1 aromatic carbocycles. The molecule has 6 nitrogen and oxygen atoms in total. The number of rotatable bonds is 7. The van der Waals surface area contributed by atoms with E-state index >= 15 is 0 Å². The highest BCUT2D eigenvalue weighted by Crippen LogP contribution is 2.34. The van der Waals surface area contributed by atoms with Gasteiger partial charge in [0.2, 0.25) is 5.89 Å². The highest BCUT2D eigenvalue weighted by Gasteiger charge is 2.30. The van der Waals surface area contributed by atoms with Gasteiger partial charge in [0.1, 0.15) is 6.61 Å². The van der Waals surface area contributed by atoms with Crippen molar-refractivity contribution < 1.29 is 14.0 Å². The Morgan fingerprint density at radius 1 is 1.35 bits per heavy atom. The van der Waals surface area contributed by atoms with E-state index in [2.05, 4.69) is 41.0 Å². The molecule has 1 atom stereocenters. The second kappa shape index (κ2) is 8.36. The number of nitrogens with zero attached hydrogens (tertiary/aromatic N) is 3. The number of allylic oxidation sites excluding steroid dienone is 1. The molecule has 1 saturated heterocycles. The minimum atomic E-state index is 0.191. The first kappa shape index (κ1) is 18.5. The van der Waals surface area contributed by atoms with Crippen molar-refractivity contribution in [2.75, 3.05) is 20.3 Å². The predicted octanol–water partition coefficient (Wildman–Crippen LogP) is 4.07. The number of likely N-dealkylation sites (tertiary alicyclic amines) is 1. The number of methoxy groups -OCH3 is 1. The lowest BCUT2D eigenvalue weighted by Gasteiger charge is -2.22. The van der Waals surface area contributed by atoms with E-state index in [4.69, 9.17) is 14.0 Å². The van der Waals surface area contributed by atoms with Gasteiger partial charge in [-0.3, -0.25) is 4.90 Å². The molecule has 0 N–H and O–H groups in total. The first-order valence-corrected chi connectivity index (χ1v) is 9.04. The van der Waals surface area contributed by atoms with Crippen molar-refractivity contribution in [3.63, 3.8) is 0 Å². The first-order chi connectivity index (χ1) is 12.6. The van der Waals surface area contributed by atoms with Gasteiger partial charge < -0.3 is 14.0 Å². The lowest BCUT2D eigenvalue weighted by molar-refractivity contribution is 0.200. The zero-order chi connectivity index (χ0) is 18.5. The van der Waals surface area contributed by atoms with Crippen molar-refractivity contribution in [2.24, 2.45) is 0 Å². The summed E-state index contributed by atoms with van der Waals surface area (Å²) in [4.78, 5) is 6.79. The average molecular weight is 357 g/mol. The molecule has 3 rings (SSSR count). The van der Waals surface area contributed by atoms with Crippen LogP contribution in [0.2, 0.25) is 0 Å². The van der Waals surface area contributed by atoms with Gasteiger partial charge in [-0.25, -0.2) is 0 Å². The monoisotopic (exact) mass is 357 g/mol. The van der Waals surface area contributed by atoms with E-state index in [0.717, 1.165) is 37.4 Å². The fraction of sp³-hybridized carbons (Fsp3) is 0.500. The largest absolute Gasteiger partial charge is 0.493 e. The zero-order valence-electron chi connectivity index (χ0n) is 16.0. The SMILES string of the molecule is COc1cc(CN2CCCC2c2nc(C)no2)ccc1OCC=C(C)C. The van der Waals surface area contributed by atoms with Crippen molar-refractivity contribution in [3.05, 3.63) is 47.1 Å². The fourth-order valence-corrected chi connectivity index (χ4v) is 3.21. The van der Waals surface area contributed by atoms with E-state index in [1.807, 2.05) is 19.1 Å². The molecule has 0 aliphatic carbocycles. The maximum absolute atomic E-state index is 5.81. The second-order valence-electron chi connectivity index (χ2n) is 6.89. The number of aromatic nitrogens is 2. The predicted molar refractivity (Wildman–Crippen MR) is 99.3 cm³/mol. The van der Waals surface area contributed by atoms with Crippen LogP contribution >= 0.6 is 0 Å². The van der Waals surface area contributed by atoms with E-state index in [0.29, 0.717) is 18.3 Å². The van der Waals surface area contributed by atoms with Gasteiger partial charge in [0.15, 0.2) is 17.3 Å². The van der Waals surface area contributed by atoms with Gasteiger partial charge in [0.05, 0.1) is 13.2 Å². The number of aryl methyl sites for hydroxylation is 1. The number of hydrogen-bond acceptors (Lipinski definition) is 6. The van der Waals surface area contributed by atoms with Crippen LogP contribution in [-0.2, 0) is 6.54 Å². The summed E-state index contributed by atoms with van der Waals surface area (Å²) in [5.74, 6) is 2.92. The summed E-state index contributed by atoms with van der Waals surface area (Å²) >= 11 is 0. The molecule has 0 saturated carbocycles. The van der Waals surface area contributed by atoms with E-state index < -0.39 is 0 Å². The Morgan fingerprint density at radius 3 is 2.88 bits per heavy atom. The van der Waals surface area contributed by atoms with Gasteiger partial charge in [0.25, 0.3) is 0 Å². The van der Waals surface area contributed by atoms with Gasteiger partial charge in [-0.1, -0.05) is 16.8 Å². The maximum Gasteiger partial charge on any atom is 0.243 e. The van der Waals surface area contributed by atoms with Crippen LogP contribution in [-0.4, -0.2) is 35.3 Å². The van der Waals surface area contributed by atoms with Gasteiger partial charge in [-0.05, 0) is 63.9 Å². The molecule has 0 amide bonds. The van der Waals surface area contributed by atoms with Gasteiger partial charge >= 0.3 is 0 Å². The number of benzene rings is 1. The van der Waals surface area contributed by atoms with Crippen LogP contribution < -0.4 is 9.47 Å². The van der Waals surface area contributed by atoms with Gasteiger partial charge in [-0.2, -0.15) is 4.98 Å². The van der Waals surface area contributed by atoms with E-state index in [9.17, 15) is 0 Å². The second-order valence-corrected chi connectivity index (χ2v) is 6.89. The van der Waals surface area contributed by atoms with Crippen molar-refractivity contribution in [2.45, 2.75) is 46.2 Å². The van der Waals surface area contributed by atoms with Crippen LogP contribution in [0.3, 0.4) is 0 Å². The third-order valence-electron chi connectivity index (χ3n) is 4.54. The Balaban J connectivity index is 1.70. The molecular formula is C20H27N3O3. The summed E-state index contributed by atoms with van der Waals surface area (Å²) in [7, 11) is 1.67. The normalized spacial score (nSPS) is 17.3. The van der Waals surface area contributed by atoms with Gasteiger partial charge in [-0.15, -0.1) is 0 Å². The molecule has 6 heteroatoms. The summed E-state index contributed by atoms with van der Waals surface area (Å²) < 4.78 is 16.7. The molecule has 1 aromatic heterocycles. The van der Waals surface area contributed by atoms with Crippen LogP contribution in [0.25, 0.3) is 0 Å². The summed E-state index contributed by atoms with van der Waals surface area (Å²) in [6, 6.07) is 6.31. The van der Waals surface area contributed by atoms with Crippen LogP contribution in [0.15, 0.2) is 34.4 Å². The fourth-order valence-electron chi connectivity index (χ4n) is 3.21. The summed E-state index contributed by atoms with van der Waals surface area (Å²) in [5.41, 5.74) is 2.41. The minimum Gasteiger partial charge on any atom is -0.493 e. The molecule has 0 bridgehead atoms. The van der Waals surface area contributed by atoms with Crippen LogP contribution in [0.1, 0.15) is 50.0 Å². The molecular weight excluding hydrogens is 330 g/mol. The van der Waals surface area contributed by atoms with Crippen LogP contribution in [0.5, 0.6) is 11.5 Å². The van der Waals surface area contributed by atoms with Crippen molar-refractivity contribution in [1.29, 1.82) is 0 Å². The summed E-state index contributed by atoms with van der Waals surface area (Å²) in [5, 5.41) is 3.93. The Kier molecular flexibility index (Phi) is 5.93. The van der Waals surface area contributed by atoms with Crippen molar-refractivity contribution >= 4 is 0 Å². The number of hydrogen-bond donors (Lipinski definition) is 0. The van der Waals surface area contributed by atoms with E-state index in [-0.39, 0.29) is 6.04 Å². The lowest BCUT2D eigenvalue weighted by atomic mass is 10.1. The molecule has 140 valence electrons. The first-order valence-electron chi connectivity index (χ1n) is 9.04. The zero-order valence-corrected chi connectivity index (χ0v) is 16.0. The van der Waals surface area contributed by atoms with E-state index in [1.54, 1.807) is 7.11 Å². The molecule has 2 heterocycles. The Morgan fingerprint density at radius 2 is 2.19 bits per heavy atom. The molecule has 1 aliphatic rings. The summed E-state index contributed by atoms with van der Waals surface area (Å²) in [6.07, 6.45) is 4.23. The molecule has 26 heavy (non-hydrogen) atoms. The van der Waals surface area contributed by atoms with Crippen molar-refractivity contribution in [3.8, 4) is 11.5 Å². The quantitative estimate of drug-likeness (QED) is 0.696. The third-order valence-corrected chi connectivity index (χ3v) is 4.54. The molecule has 0 spiro atoms. The third kappa shape index (κ3) is 4.43. The average Bonchev–Trinajstić information content (AvgIpc) is 3.24. The van der Waals surface area contributed by atoms with E-state index in [1.165, 1.54) is 11.1 Å². The Bertz CT molecular complexity index is 765. The Hall–Kier alpha value is -2.34. The molecule has 2 aromatic rings. The lowest BCUT2D eigenvalue weighted by Crippen LogP contribution is -2.23. The van der Waals surface area contributed by atoms with Crippen LogP contribution in [0.4, 0.5) is 0 Å². The standard InChI is InChI=1S/C20H27N3O3/c1-14(2)9-11-25-18-8-7-16(12-19(18)24-4)13-23-10-5-6-17(23)20-21-15(3)22-26-20/h7-9,12,17H,5-6,10-11,13H2,1-4H3. The topological polar surface area (TPSA) is 60.6 Å². The number of ether oxygens (including phenoxy) is 2. The molecule has 1 fully saturated rings. The maximum atomic E-state index is 5.81. The van der Waals surface area contributed by atoms with Gasteiger partial charge in [0, 0.05) is 6.54 Å². The van der Waals surface area contributed by atoms with Crippen molar-refractivity contribution in [1.82, 2.24) is 15.0 Å². The molecule has 1 unspecified atom stereocenters. The van der Waals surface area contributed by atoms with Crippen LogP contribution in [0, 0.1) is 6.92 Å². The smallest absolute Gasteiger partial charge is 0.243 e.